The fraction of sp³-hybridized carbons (Fsp3) is 0.368. The molecule has 1 N–H and O–H groups in total. The fourth-order valence-corrected chi connectivity index (χ4v) is 2.79. The van der Waals surface area contributed by atoms with Crippen LogP contribution in [-0.2, 0) is 6.54 Å². The number of nitrogens with one attached hydrogen (secondary N) is 1. The van der Waals surface area contributed by atoms with Crippen LogP contribution in [0.5, 0.6) is 11.5 Å². The molecule has 1 fully saturated rings. The van der Waals surface area contributed by atoms with E-state index in [-0.39, 0.29) is 0 Å². The Hall–Kier alpha value is -1.75. The second-order valence-electron chi connectivity index (χ2n) is 5.82. The number of halogens is 1. The predicted molar refractivity (Wildman–Crippen MR) is 97.0 cm³/mol. The molecule has 1 aliphatic heterocycles. The summed E-state index contributed by atoms with van der Waals surface area (Å²) in [5.74, 6) is 1.67. The monoisotopic (exact) mass is 346 g/mol. The lowest BCUT2D eigenvalue weighted by Crippen LogP contribution is -2.42. The van der Waals surface area contributed by atoms with Crippen LogP contribution in [-0.4, -0.2) is 44.3 Å². The summed E-state index contributed by atoms with van der Waals surface area (Å²) in [4.78, 5) is 2.46. The molecular weight excluding hydrogens is 324 g/mol. The van der Waals surface area contributed by atoms with Crippen molar-refractivity contribution in [1.29, 1.82) is 0 Å². The zero-order valence-corrected chi connectivity index (χ0v) is 14.5. The molecule has 2 aromatic carbocycles. The lowest BCUT2D eigenvalue weighted by Gasteiger charge is -2.27. The molecule has 2 aromatic rings. The standard InChI is InChI=1S/C19H23ClN2O2/c20-17-3-7-19(8-4-17)24-14-13-23-18-5-1-16(2-6-18)15-22-11-9-21-10-12-22/h1-8,21H,9-15H2. The van der Waals surface area contributed by atoms with Gasteiger partial charge in [-0.1, -0.05) is 23.7 Å². The average molecular weight is 347 g/mol. The summed E-state index contributed by atoms with van der Waals surface area (Å²) in [6.07, 6.45) is 0. The van der Waals surface area contributed by atoms with Gasteiger partial charge < -0.3 is 14.8 Å². The molecule has 24 heavy (non-hydrogen) atoms. The van der Waals surface area contributed by atoms with Crippen LogP contribution in [0.1, 0.15) is 5.56 Å². The molecule has 0 amide bonds. The molecule has 0 spiro atoms. The van der Waals surface area contributed by atoms with Gasteiger partial charge in [-0.15, -0.1) is 0 Å². The molecule has 0 radical (unpaired) electrons. The maximum absolute atomic E-state index is 5.84. The van der Waals surface area contributed by atoms with Crippen molar-refractivity contribution in [2.45, 2.75) is 6.54 Å². The highest BCUT2D eigenvalue weighted by molar-refractivity contribution is 6.30. The molecule has 1 aliphatic rings. The highest BCUT2D eigenvalue weighted by atomic mass is 35.5. The summed E-state index contributed by atoms with van der Waals surface area (Å²) < 4.78 is 11.3. The Labute approximate surface area is 148 Å². The first-order chi connectivity index (χ1) is 11.8. The molecule has 4 nitrogen and oxygen atoms in total. The lowest BCUT2D eigenvalue weighted by molar-refractivity contribution is 0.216. The molecule has 0 saturated carbocycles. The van der Waals surface area contributed by atoms with E-state index in [4.69, 9.17) is 21.1 Å². The number of hydrogen-bond donors (Lipinski definition) is 1. The van der Waals surface area contributed by atoms with E-state index >= 15 is 0 Å². The van der Waals surface area contributed by atoms with Crippen molar-refractivity contribution in [3.05, 3.63) is 59.1 Å². The second-order valence-corrected chi connectivity index (χ2v) is 6.26. The van der Waals surface area contributed by atoms with Crippen LogP contribution in [0.25, 0.3) is 0 Å². The van der Waals surface area contributed by atoms with E-state index in [1.165, 1.54) is 5.56 Å². The molecule has 3 rings (SSSR count). The van der Waals surface area contributed by atoms with Crippen molar-refractivity contribution in [2.75, 3.05) is 39.4 Å². The zero-order valence-electron chi connectivity index (χ0n) is 13.7. The van der Waals surface area contributed by atoms with Crippen molar-refractivity contribution in [1.82, 2.24) is 10.2 Å². The van der Waals surface area contributed by atoms with Crippen LogP contribution in [0.2, 0.25) is 5.02 Å². The van der Waals surface area contributed by atoms with E-state index in [2.05, 4.69) is 22.3 Å². The van der Waals surface area contributed by atoms with Gasteiger partial charge in [-0.05, 0) is 42.0 Å². The van der Waals surface area contributed by atoms with Crippen molar-refractivity contribution >= 4 is 11.6 Å². The van der Waals surface area contributed by atoms with Gasteiger partial charge >= 0.3 is 0 Å². The van der Waals surface area contributed by atoms with Gasteiger partial charge in [0.05, 0.1) is 0 Å². The molecule has 0 aromatic heterocycles. The fourth-order valence-electron chi connectivity index (χ4n) is 2.67. The van der Waals surface area contributed by atoms with E-state index in [1.54, 1.807) is 0 Å². The van der Waals surface area contributed by atoms with Gasteiger partial charge in [0, 0.05) is 37.7 Å². The number of ether oxygens (including phenoxy) is 2. The van der Waals surface area contributed by atoms with Crippen molar-refractivity contribution in [3.63, 3.8) is 0 Å². The smallest absolute Gasteiger partial charge is 0.122 e. The minimum atomic E-state index is 0.504. The molecule has 0 aliphatic carbocycles. The first kappa shape index (κ1) is 17.1. The Kier molecular flexibility index (Phi) is 6.35. The quantitative estimate of drug-likeness (QED) is 0.781. The van der Waals surface area contributed by atoms with Gasteiger partial charge in [-0.25, -0.2) is 0 Å². The van der Waals surface area contributed by atoms with Gasteiger partial charge in [0.2, 0.25) is 0 Å². The highest BCUT2D eigenvalue weighted by Gasteiger charge is 2.09. The summed E-state index contributed by atoms with van der Waals surface area (Å²) in [5, 5.41) is 4.08. The largest absolute Gasteiger partial charge is 0.490 e. The van der Waals surface area contributed by atoms with Crippen LogP contribution in [0.15, 0.2) is 48.5 Å². The zero-order chi connectivity index (χ0) is 16.6. The topological polar surface area (TPSA) is 33.7 Å². The predicted octanol–water partition coefficient (Wildman–Crippen LogP) is 3.20. The third kappa shape index (κ3) is 5.41. The Morgan fingerprint density at radius 3 is 1.96 bits per heavy atom. The molecule has 0 bridgehead atoms. The maximum atomic E-state index is 5.84. The minimum absolute atomic E-state index is 0.504. The first-order valence-corrected chi connectivity index (χ1v) is 8.70. The van der Waals surface area contributed by atoms with Gasteiger partial charge in [0.15, 0.2) is 0 Å². The molecule has 1 saturated heterocycles. The first-order valence-electron chi connectivity index (χ1n) is 8.33. The van der Waals surface area contributed by atoms with Crippen LogP contribution >= 0.6 is 11.6 Å². The third-order valence-electron chi connectivity index (χ3n) is 3.97. The summed E-state index contributed by atoms with van der Waals surface area (Å²) in [6.45, 7) is 6.40. The van der Waals surface area contributed by atoms with Crippen molar-refractivity contribution in [3.8, 4) is 11.5 Å². The average Bonchev–Trinajstić information content (AvgIpc) is 2.62. The Balaban J connectivity index is 1.38. The number of benzene rings is 2. The van der Waals surface area contributed by atoms with E-state index in [9.17, 15) is 0 Å². The van der Waals surface area contributed by atoms with E-state index in [0.717, 1.165) is 44.2 Å². The van der Waals surface area contributed by atoms with Crippen LogP contribution in [0, 0.1) is 0 Å². The normalized spacial score (nSPS) is 15.2. The van der Waals surface area contributed by atoms with Gasteiger partial charge in [-0.2, -0.15) is 0 Å². The number of hydrogen-bond acceptors (Lipinski definition) is 4. The van der Waals surface area contributed by atoms with E-state index in [0.29, 0.717) is 18.2 Å². The maximum Gasteiger partial charge on any atom is 0.122 e. The highest BCUT2D eigenvalue weighted by Crippen LogP contribution is 2.16. The van der Waals surface area contributed by atoms with Crippen LogP contribution < -0.4 is 14.8 Å². The van der Waals surface area contributed by atoms with Crippen LogP contribution in [0.3, 0.4) is 0 Å². The second kappa shape index (κ2) is 8.92. The van der Waals surface area contributed by atoms with Gasteiger partial charge in [-0.3, -0.25) is 4.90 Å². The number of piperazine rings is 1. The van der Waals surface area contributed by atoms with Gasteiger partial charge in [0.25, 0.3) is 0 Å². The van der Waals surface area contributed by atoms with Crippen LogP contribution in [0.4, 0.5) is 0 Å². The number of rotatable bonds is 7. The Bertz CT molecular complexity index is 610. The lowest BCUT2D eigenvalue weighted by atomic mass is 10.2. The van der Waals surface area contributed by atoms with E-state index < -0.39 is 0 Å². The summed E-state index contributed by atoms with van der Waals surface area (Å²) >= 11 is 5.84. The SMILES string of the molecule is Clc1ccc(OCCOc2ccc(CN3CCNCC3)cc2)cc1. The van der Waals surface area contributed by atoms with Crippen molar-refractivity contribution < 1.29 is 9.47 Å². The Morgan fingerprint density at radius 1 is 0.833 bits per heavy atom. The number of nitrogens with zero attached hydrogens (tertiary/aromatic N) is 1. The molecule has 0 atom stereocenters. The molecule has 1 heterocycles. The summed E-state index contributed by atoms with van der Waals surface area (Å²) in [6, 6.07) is 15.7. The third-order valence-corrected chi connectivity index (χ3v) is 4.23. The molecule has 0 unspecified atom stereocenters. The minimum Gasteiger partial charge on any atom is -0.490 e. The van der Waals surface area contributed by atoms with E-state index in [1.807, 2.05) is 36.4 Å². The molecular formula is C19H23ClN2O2. The van der Waals surface area contributed by atoms with Crippen molar-refractivity contribution in [2.24, 2.45) is 0 Å². The Morgan fingerprint density at radius 2 is 1.38 bits per heavy atom. The summed E-state index contributed by atoms with van der Waals surface area (Å²) in [7, 11) is 0. The molecule has 5 heteroatoms. The van der Waals surface area contributed by atoms with Gasteiger partial charge in [0.1, 0.15) is 24.7 Å². The summed E-state index contributed by atoms with van der Waals surface area (Å²) in [5.41, 5.74) is 1.32. The molecule has 128 valence electrons.